The zero-order valence-electron chi connectivity index (χ0n) is 42.7. The zero-order chi connectivity index (χ0) is 48.1. The lowest BCUT2D eigenvalue weighted by atomic mass is 9.99. The van der Waals surface area contributed by atoms with E-state index in [0.29, 0.717) is 19.4 Å². The van der Waals surface area contributed by atoms with Gasteiger partial charge in [-0.05, 0) is 32.1 Å². The Bertz CT molecular complexity index is 1110. The van der Waals surface area contributed by atoms with E-state index in [9.17, 15) is 35.1 Å². The number of unbranched alkanes of at least 4 members (excludes halogenated alkanes) is 34. The molecule has 7 atom stereocenters. The van der Waals surface area contributed by atoms with E-state index in [1.165, 1.54) is 167 Å². The van der Waals surface area contributed by atoms with Crippen LogP contribution < -0.4 is 5.32 Å². The van der Waals surface area contributed by atoms with E-state index in [1.54, 1.807) is 6.08 Å². The first-order valence-corrected chi connectivity index (χ1v) is 28.0. The van der Waals surface area contributed by atoms with Gasteiger partial charge < -0.3 is 45.1 Å². The standard InChI is InChI=1S/C55H105NO10/c1-3-5-7-9-11-13-14-15-16-17-20-23-27-31-35-39-43-51(60)64-44-40-36-32-28-24-21-18-19-22-26-30-34-38-42-50(59)56-47(48(58)41-37-33-29-25-12-10-8-6-4-2)46-65-55-54(63)53(62)52(61)49(45-57)66-55/h37,41,47-49,52-55,57-58,61-63H,3-36,38-40,42-46H2,1-2H3,(H,56,59)/b41-37+. The van der Waals surface area contributed by atoms with Gasteiger partial charge in [-0.15, -0.1) is 0 Å². The normalized spacial score (nSPS) is 19.7. The molecule has 0 spiro atoms. The van der Waals surface area contributed by atoms with E-state index >= 15 is 0 Å². The van der Waals surface area contributed by atoms with Gasteiger partial charge in [0.1, 0.15) is 24.4 Å². The predicted octanol–water partition coefficient (Wildman–Crippen LogP) is 12.0. The van der Waals surface area contributed by atoms with Crippen LogP contribution in [0.2, 0.25) is 0 Å². The number of esters is 1. The van der Waals surface area contributed by atoms with Crippen LogP contribution in [0.5, 0.6) is 0 Å². The summed E-state index contributed by atoms with van der Waals surface area (Å²) in [6.45, 7) is 4.28. The average molecular weight is 940 g/mol. The van der Waals surface area contributed by atoms with Crippen LogP contribution in [-0.4, -0.2) is 100 Å². The Morgan fingerprint density at radius 2 is 0.955 bits per heavy atom. The van der Waals surface area contributed by atoms with Crippen LogP contribution in [0.1, 0.15) is 264 Å². The lowest BCUT2D eigenvalue weighted by molar-refractivity contribution is -0.302. The lowest BCUT2D eigenvalue weighted by Gasteiger charge is -2.40. The largest absolute Gasteiger partial charge is 0.466 e. The third-order valence-electron chi connectivity index (χ3n) is 13.4. The van der Waals surface area contributed by atoms with E-state index in [2.05, 4.69) is 19.2 Å². The smallest absolute Gasteiger partial charge is 0.305 e. The Morgan fingerprint density at radius 1 is 0.545 bits per heavy atom. The van der Waals surface area contributed by atoms with Crippen LogP contribution in [0.15, 0.2) is 12.2 Å². The number of nitrogens with one attached hydrogen (secondary N) is 1. The van der Waals surface area contributed by atoms with Crippen molar-refractivity contribution in [1.82, 2.24) is 5.32 Å². The highest BCUT2D eigenvalue weighted by molar-refractivity contribution is 5.76. The molecule has 390 valence electrons. The van der Waals surface area contributed by atoms with E-state index in [4.69, 9.17) is 14.2 Å². The highest BCUT2D eigenvalue weighted by atomic mass is 16.7. The molecule has 1 saturated heterocycles. The summed E-state index contributed by atoms with van der Waals surface area (Å²) in [5.41, 5.74) is 0. The Labute approximate surface area is 404 Å². The van der Waals surface area contributed by atoms with Gasteiger partial charge in [0, 0.05) is 12.8 Å². The van der Waals surface area contributed by atoms with Crippen molar-refractivity contribution >= 4 is 11.9 Å². The molecule has 1 aliphatic rings. The van der Waals surface area contributed by atoms with E-state index in [1.807, 2.05) is 6.08 Å². The number of aliphatic hydroxyl groups excluding tert-OH is 5. The summed E-state index contributed by atoms with van der Waals surface area (Å²) >= 11 is 0. The molecular formula is C55H105NO10. The molecule has 0 radical (unpaired) electrons. The maximum Gasteiger partial charge on any atom is 0.305 e. The molecule has 1 fully saturated rings. The summed E-state index contributed by atoms with van der Waals surface area (Å²) in [5.74, 6) is -0.220. The van der Waals surface area contributed by atoms with Crippen molar-refractivity contribution in [2.24, 2.45) is 0 Å². The number of hydrogen-bond acceptors (Lipinski definition) is 10. The van der Waals surface area contributed by atoms with Gasteiger partial charge in [-0.3, -0.25) is 9.59 Å². The van der Waals surface area contributed by atoms with Crippen molar-refractivity contribution in [2.75, 3.05) is 19.8 Å². The van der Waals surface area contributed by atoms with Crippen LogP contribution >= 0.6 is 0 Å². The number of amides is 1. The van der Waals surface area contributed by atoms with Crippen molar-refractivity contribution in [2.45, 2.75) is 307 Å². The molecule has 0 aromatic carbocycles. The van der Waals surface area contributed by atoms with Gasteiger partial charge in [0.15, 0.2) is 6.29 Å². The summed E-state index contributed by atoms with van der Waals surface area (Å²) in [7, 11) is 0. The summed E-state index contributed by atoms with van der Waals surface area (Å²) in [5, 5.41) is 54.1. The number of carbonyl (C=O) groups is 2. The average Bonchev–Trinajstić information content (AvgIpc) is 3.31. The van der Waals surface area contributed by atoms with Gasteiger partial charge >= 0.3 is 5.97 Å². The summed E-state index contributed by atoms with van der Waals surface area (Å²) in [6.07, 6.45) is 41.6. The zero-order valence-corrected chi connectivity index (χ0v) is 42.7. The molecule has 11 heteroatoms. The monoisotopic (exact) mass is 940 g/mol. The van der Waals surface area contributed by atoms with Crippen molar-refractivity contribution in [1.29, 1.82) is 0 Å². The van der Waals surface area contributed by atoms with Gasteiger partial charge in [-0.25, -0.2) is 0 Å². The van der Waals surface area contributed by atoms with Crippen molar-refractivity contribution in [3.05, 3.63) is 12.2 Å². The third kappa shape index (κ3) is 35.5. The molecule has 0 aliphatic carbocycles. The number of ether oxygens (including phenoxy) is 3. The molecule has 1 aliphatic heterocycles. The highest BCUT2D eigenvalue weighted by Gasteiger charge is 2.44. The molecule has 0 aromatic heterocycles. The number of rotatable bonds is 48. The predicted molar refractivity (Wildman–Crippen MR) is 269 cm³/mol. The minimum absolute atomic E-state index is 0.0242. The van der Waals surface area contributed by atoms with Gasteiger partial charge in [0.25, 0.3) is 0 Å². The Hall–Kier alpha value is -1.60. The molecular weight excluding hydrogens is 835 g/mol. The number of allylic oxidation sites excluding steroid dienone is 1. The van der Waals surface area contributed by atoms with Crippen molar-refractivity contribution in [3.63, 3.8) is 0 Å². The number of hydrogen-bond donors (Lipinski definition) is 6. The number of carbonyl (C=O) groups excluding carboxylic acids is 2. The quantitative estimate of drug-likeness (QED) is 0.0196. The molecule has 1 rings (SSSR count). The first kappa shape index (κ1) is 62.4. The fourth-order valence-corrected chi connectivity index (χ4v) is 8.91. The van der Waals surface area contributed by atoms with Crippen LogP contribution in [0.25, 0.3) is 0 Å². The van der Waals surface area contributed by atoms with Crippen LogP contribution in [0.4, 0.5) is 0 Å². The van der Waals surface area contributed by atoms with Gasteiger partial charge in [-0.2, -0.15) is 0 Å². The first-order valence-electron chi connectivity index (χ1n) is 28.0. The Morgan fingerprint density at radius 3 is 1.41 bits per heavy atom. The number of aliphatic hydroxyl groups is 5. The molecule has 6 N–H and O–H groups in total. The van der Waals surface area contributed by atoms with Crippen LogP contribution in [0.3, 0.4) is 0 Å². The molecule has 7 unspecified atom stereocenters. The fraction of sp³-hybridized carbons (Fsp3) is 0.927. The minimum Gasteiger partial charge on any atom is -0.466 e. The molecule has 1 heterocycles. The molecule has 0 saturated carbocycles. The second kappa shape index (κ2) is 45.8. The Kier molecular flexibility index (Phi) is 43.3. The van der Waals surface area contributed by atoms with E-state index in [0.717, 1.165) is 70.6 Å². The van der Waals surface area contributed by atoms with Crippen LogP contribution in [-0.2, 0) is 23.8 Å². The maximum atomic E-state index is 13.0. The van der Waals surface area contributed by atoms with Crippen molar-refractivity contribution < 1.29 is 49.3 Å². The maximum absolute atomic E-state index is 13.0. The molecule has 0 aromatic rings. The molecule has 1 amide bonds. The van der Waals surface area contributed by atoms with E-state index in [-0.39, 0.29) is 18.5 Å². The second-order valence-corrected chi connectivity index (χ2v) is 19.7. The topological polar surface area (TPSA) is 175 Å². The van der Waals surface area contributed by atoms with Gasteiger partial charge in [-0.1, -0.05) is 231 Å². The molecule has 11 nitrogen and oxygen atoms in total. The highest BCUT2D eigenvalue weighted by Crippen LogP contribution is 2.23. The first-order chi connectivity index (χ1) is 32.2. The molecule has 66 heavy (non-hydrogen) atoms. The second-order valence-electron chi connectivity index (χ2n) is 19.7. The van der Waals surface area contributed by atoms with Gasteiger partial charge in [0.05, 0.1) is 32.0 Å². The minimum atomic E-state index is -1.57. The molecule has 0 bridgehead atoms. The fourth-order valence-electron chi connectivity index (χ4n) is 8.91. The Balaban J connectivity index is 2.07. The SMILES string of the molecule is CCCCCCCCC/C=C/C(O)C(COC1OC(CO)C(O)C(O)C1O)NC(=O)CCCCCCCCCCCCCCCOC(=O)CCCCCCCCCCCCCCCCCC. The summed E-state index contributed by atoms with van der Waals surface area (Å²) in [6, 6.07) is -0.817. The van der Waals surface area contributed by atoms with Crippen LogP contribution in [0, 0.1) is 0 Å². The summed E-state index contributed by atoms with van der Waals surface area (Å²) < 4.78 is 16.7. The summed E-state index contributed by atoms with van der Waals surface area (Å²) in [4.78, 5) is 25.1. The third-order valence-corrected chi connectivity index (χ3v) is 13.4. The lowest BCUT2D eigenvalue weighted by Crippen LogP contribution is -2.60. The van der Waals surface area contributed by atoms with Gasteiger partial charge in [0.2, 0.25) is 5.91 Å². The van der Waals surface area contributed by atoms with Crippen molar-refractivity contribution in [3.8, 4) is 0 Å². The van der Waals surface area contributed by atoms with E-state index < -0.39 is 49.5 Å².